The number of fused-ring (bicyclic) bond motifs is 7. The van der Waals surface area contributed by atoms with E-state index < -0.39 is 22.2 Å². The second-order valence-corrected chi connectivity index (χ2v) is 20.4. The molecule has 5 aliphatic rings. The molecule has 0 radical (unpaired) electrons. The van der Waals surface area contributed by atoms with Gasteiger partial charge in [0, 0.05) is 0 Å². The van der Waals surface area contributed by atoms with Gasteiger partial charge in [-0.3, -0.25) is 14.4 Å². The summed E-state index contributed by atoms with van der Waals surface area (Å²) in [5.74, 6) is 0.416. The summed E-state index contributed by atoms with van der Waals surface area (Å²) in [7, 11) is 0. The van der Waals surface area contributed by atoms with E-state index in [1.807, 2.05) is 20.8 Å². The van der Waals surface area contributed by atoms with Crippen molar-refractivity contribution >= 4 is 17.9 Å². The molecule has 5 aliphatic carbocycles. The van der Waals surface area contributed by atoms with E-state index in [1.165, 1.54) is 0 Å². The second kappa shape index (κ2) is 13.2. The summed E-state index contributed by atoms with van der Waals surface area (Å²) in [6.45, 7) is 27.3. The Bertz CT molecular complexity index is 1340. The number of esters is 3. The van der Waals surface area contributed by atoms with Crippen molar-refractivity contribution in [1.29, 1.82) is 0 Å². The molecule has 8 nitrogen and oxygen atoms in total. The van der Waals surface area contributed by atoms with E-state index in [0.717, 1.165) is 63.4 Å². The standard InChI is InChI=1S/C42H68O8/c1-26(23-47-24-48-33(44)36(2,3)4)27-15-20-42(35(46)50-25-49-34(45)37(5,6)7)22-21-40(11)28(32(27)42)13-14-30-39(10)18-17-31(43)38(8,9)29(39)16-19-41(30,40)12/h27-32,43H,1,13-25H2,2-12H3/t27?,28?,29?,30?,31-,32?,39-,40+,41+,42-/m0/s1. The monoisotopic (exact) mass is 700 g/mol. The Kier molecular flexibility index (Phi) is 10.4. The van der Waals surface area contributed by atoms with Crippen LogP contribution in [0.1, 0.15) is 140 Å². The van der Waals surface area contributed by atoms with Crippen LogP contribution < -0.4 is 0 Å². The topological polar surface area (TPSA) is 108 Å². The van der Waals surface area contributed by atoms with Gasteiger partial charge in [-0.25, -0.2) is 0 Å². The zero-order valence-corrected chi connectivity index (χ0v) is 33.2. The molecular weight excluding hydrogens is 632 g/mol. The lowest BCUT2D eigenvalue weighted by Gasteiger charge is -2.72. The summed E-state index contributed by atoms with van der Waals surface area (Å²) >= 11 is 0. The number of hydrogen-bond acceptors (Lipinski definition) is 8. The first-order chi connectivity index (χ1) is 23.0. The number of carbonyl (C=O) groups excluding carboxylic acids is 3. The fourth-order valence-electron chi connectivity index (χ4n) is 12.5. The molecule has 0 aromatic carbocycles. The van der Waals surface area contributed by atoms with Gasteiger partial charge >= 0.3 is 17.9 Å². The van der Waals surface area contributed by atoms with Crippen LogP contribution in [0, 0.1) is 67.5 Å². The van der Waals surface area contributed by atoms with Gasteiger partial charge in [-0.05, 0) is 163 Å². The Morgan fingerprint density at radius 3 is 1.94 bits per heavy atom. The van der Waals surface area contributed by atoms with Gasteiger partial charge in [-0.15, -0.1) is 0 Å². The highest BCUT2D eigenvalue weighted by Crippen LogP contribution is 2.77. The quantitative estimate of drug-likeness (QED) is 0.116. The van der Waals surface area contributed by atoms with Gasteiger partial charge < -0.3 is 24.1 Å². The van der Waals surface area contributed by atoms with Crippen molar-refractivity contribution in [2.24, 2.45) is 67.5 Å². The van der Waals surface area contributed by atoms with Crippen LogP contribution in [-0.4, -0.2) is 49.3 Å². The summed E-state index contributed by atoms with van der Waals surface area (Å²) in [5.41, 5.74) is -0.913. The summed E-state index contributed by atoms with van der Waals surface area (Å²) in [6.07, 6.45) is 9.24. The van der Waals surface area contributed by atoms with Crippen LogP contribution >= 0.6 is 0 Å². The van der Waals surface area contributed by atoms with E-state index in [2.05, 4.69) is 41.2 Å². The van der Waals surface area contributed by atoms with Crippen molar-refractivity contribution in [3.05, 3.63) is 12.2 Å². The minimum atomic E-state index is -0.689. The Labute approximate surface area is 302 Å². The minimum absolute atomic E-state index is 0.00319. The molecule has 0 heterocycles. The summed E-state index contributed by atoms with van der Waals surface area (Å²) in [5, 5.41) is 11.1. The van der Waals surface area contributed by atoms with Crippen LogP contribution in [0.2, 0.25) is 0 Å². The molecule has 0 aromatic heterocycles. The Balaban J connectivity index is 1.42. The molecule has 10 atom stereocenters. The van der Waals surface area contributed by atoms with Crippen molar-refractivity contribution in [3.63, 3.8) is 0 Å². The third-order valence-electron chi connectivity index (χ3n) is 15.5. The van der Waals surface area contributed by atoms with Crippen molar-refractivity contribution in [1.82, 2.24) is 0 Å². The van der Waals surface area contributed by atoms with Crippen molar-refractivity contribution in [3.8, 4) is 0 Å². The van der Waals surface area contributed by atoms with Crippen LogP contribution in [-0.2, 0) is 33.3 Å². The molecule has 0 spiro atoms. The van der Waals surface area contributed by atoms with Crippen LogP contribution in [0.4, 0.5) is 0 Å². The molecule has 0 aromatic rings. The lowest BCUT2D eigenvalue weighted by Crippen LogP contribution is -2.67. The van der Waals surface area contributed by atoms with Crippen LogP contribution in [0.5, 0.6) is 0 Å². The van der Waals surface area contributed by atoms with Gasteiger partial charge in [0.15, 0.2) is 6.79 Å². The fraction of sp³-hybridized carbons (Fsp3) is 0.881. The first kappa shape index (κ1) is 39.3. The smallest absolute Gasteiger partial charge is 0.315 e. The number of hydrogen-bond donors (Lipinski definition) is 1. The SMILES string of the molecule is C=C(COCOC(=O)C(C)(C)C)C1CC[C@]2(C(=O)OCOC(=O)C(C)(C)C)CC[C@]3(C)C(CCC4[C@@]5(C)CC[C@H](O)C(C)(C)C5CC[C@]43C)C12. The zero-order valence-electron chi connectivity index (χ0n) is 33.2. The molecule has 8 heteroatoms. The van der Waals surface area contributed by atoms with Crippen LogP contribution in [0.25, 0.3) is 0 Å². The van der Waals surface area contributed by atoms with E-state index in [9.17, 15) is 19.5 Å². The van der Waals surface area contributed by atoms with Crippen molar-refractivity contribution in [2.75, 3.05) is 20.2 Å². The maximum absolute atomic E-state index is 14.4. The van der Waals surface area contributed by atoms with Gasteiger partial charge in [0.2, 0.25) is 6.79 Å². The molecule has 5 saturated carbocycles. The molecule has 1 N–H and O–H groups in total. The van der Waals surface area contributed by atoms with Gasteiger partial charge in [-0.1, -0.05) is 41.2 Å². The summed E-state index contributed by atoms with van der Waals surface area (Å²) in [4.78, 5) is 39.2. The minimum Gasteiger partial charge on any atom is -0.438 e. The molecule has 0 aliphatic heterocycles. The number of carbonyl (C=O) groups is 3. The lowest BCUT2D eigenvalue weighted by molar-refractivity contribution is -0.249. The molecule has 284 valence electrons. The van der Waals surface area contributed by atoms with Crippen LogP contribution in [0.15, 0.2) is 12.2 Å². The highest BCUT2D eigenvalue weighted by molar-refractivity contribution is 5.79. The van der Waals surface area contributed by atoms with Gasteiger partial charge in [0.25, 0.3) is 0 Å². The van der Waals surface area contributed by atoms with Gasteiger partial charge in [-0.2, -0.15) is 0 Å². The third kappa shape index (κ3) is 6.28. The zero-order chi connectivity index (χ0) is 37.3. The second-order valence-electron chi connectivity index (χ2n) is 20.4. The normalized spacial score (nSPS) is 40.7. The number of aliphatic hydroxyl groups is 1. The molecule has 0 amide bonds. The van der Waals surface area contributed by atoms with Crippen molar-refractivity contribution < 1.29 is 38.4 Å². The predicted molar refractivity (Wildman–Crippen MR) is 192 cm³/mol. The highest BCUT2D eigenvalue weighted by atomic mass is 16.7. The number of ether oxygens (including phenoxy) is 4. The van der Waals surface area contributed by atoms with E-state index in [0.29, 0.717) is 18.3 Å². The average molecular weight is 701 g/mol. The molecule has 5 unspecified atom stereocenters. The average Bonchev–Trinajstić information content (AvgIpc) is 3.41. The maximum atomic E-state index is 14.4. The Hall–Kier alpha value is -1.93. The molecule has 50 heavy (non-hydrogen) atoms. The van der Waals surface area contributed by atoms with Gasteiger partial charge in [0.1, 0.15) is 0 Å². The van der Waals surface area contributed by atoms with Gasteiger partial charge in [0.05, 0.1) is 29.0 Å². The van der Waals surface area contributed by atoms with Crippen LogP contribution in [0.3, 0.4) is 0 Å². The summed E-state index contributed by atoms with van der Waals surface area (Å²) in [6, 6.07) is 0. The van der Waals surface area contributed by atoms with E-state index in [-0.39, 0.29) is 77.6 Å². The van der Waals surface area contributed by atoms with E-state index >= 15 is 0 Å². The lowest BCUT2D eigenvalue weighted by atomic mass is 9.32. The molecule has 5 rings (SSSR count). The first-order valence-corrected chi connectivity index (χ1v) is 19.4. The Morgan fingerprint density at radius 1 is 0.700 bits per heavy atom. The van der Waals surface area contributed by atoms with Crippen molar-refractivity contribution in [2.45, 2.75) is 146 Å². The third-order valence-corrected chi connectivity index (χ3v) is 15.5. The summed E-state index contributed by atoms with van der Waals surface area (Å²) < 4.78 is 22.6. The number of aliphatic hydroxyl groups excluding tert-OH is 1. The van der Waals surface area contributed by atoms with E-state index in [1.54, 1.807) is 20.8 Å². The molecular formula is C42H68O8. The largest absolute Gasteiger partial charge is 0.438 e. The Morgan fingerprint density at radius 2 is 1.32 bits per heavy atom. The maximum Gasteiger partial charge on any atom is 0.315 e. The molecule has 0 bridgehead atoms. The highest BCUT2D eigenvalue weighted by Gasteiger charge is 2.72. The van der Waals surface area contributed by atoms with E-state index in [4.69, 9.17) is 18.9 Å². The predicted octanol–water partition coefficient (Wildman–Crippen LogP) is 8.64. The number of rotatable bonds is 8. The fourth-order valence-corrected chi connectivity index (χ4v) is 12.5. The molecule has 5 fully saturated rings. The first-order valence-electron chi connectivity index (χ1n) is 19.4. The molecule has 0 saturated heterocycles.